The van der Waals surface area contributed by atoms with E-state index in [1.165, 1.54) is 16.3 Å². The van der Waals surface area contributed by atoms with Gasteiger partial charge in [-0.25, -0.2) is 9.97 Å². The van der Waals surface area contributed by atoms with Crippen LogP contribution in [-0.2, 0) is 4.74 Å². The van der Waals surface area contributed by atoms with Crippen molar-refractivity contribution < 1.29 is 9.47 Å². The maximum atomic E-state index is 6.03. The SMILES string of the molecule is COc1ccc2cc([C@H]3CN(c4ccnc(C)n4)CCO3)ccc2c1. The molecule has 1 fully saturated rings. The largest absolute Gasteiger partial charge is 0.497 e. The second kappa shape index (κ2) is 6.69. The van der Waals surface area contributed by atoms with Crippen LogP contribution in [0.25, 0.3) is 10.8 Å². The van der Waals surface area contributed by atoms with Gasteiger partial charge in [0.1, 0.15) is 23.5 Å². The quantitative estimate of drug-likeness (QED) is 0.733. The van der Waals surface area contributed by atoms with E-state index >= 15 is 0 Å². The summed E-state index contributed by atoms with van der Waals surface area (Å²) in [6.45, 7) is 4.24. The highest BCUT2D eigenvalue weighted by atomic mass is 16.5. The molecule has 5 heteroatoms. The number of aryl methyl sites for hydroxylation is 1. The van der Waals surface area contributed by atoms with Crippen molar-refractivity contribution >= 4 is 16.6 Å². The molecule has 0 bridgehead atoms. The molecule has 3 aromatic rings. The van der Waals surface area contributed by atoms with Gasteiger partial charge >= 0.3 is 0 Å². The van der Waals surface area contributed by atoms with Crippen molar-refractivity contribution in [3.63, 3.8) is 0 Å². The van der Waals surface area contributed by atoms with E-state index < -0.39 is 0 Å². The van der Waals surface area contributed by atoms with Crippen LogP contribution in [0.2, 0.25) is 0 Å². The Balaban J connectivity index is 1.59. The molecule has 5 nitrogen and oxygen atoms in total. The average molecular weight is 335 g/mol. The summed E-state index contributed by atoms with van der Waals surface area (Å²) in [5.41, 5.74) is 1.19. The number of nitrogens with zero attached hydrogens (tertiary/aromatic N) is 3. The van der Waals surface area contributed by atoms with Crippen molar-refractivity contribution in [3.8, 4) is 5.75 Å². The predicted octanol–water partition coefficient (Wildman–Crippen LogP) is 3.52. The fraction of sp³-hybridized carbons (Fsp3) is 0.300. The van der Waals surface area contributed by atoms with Gasteiger partial charge in [0.25, 0.3) is 0 Å². The minimum absolute atomic E-state index is 0.0375. The van der Waals surface area contributed by atoms with Gasteiger partial charge in [0.15, 0.2) is 0 Å². The second-order valence-corrected chi connectivity index (χ2v) is 6.24. The molecule has 4 rings (SSSR count). The smallest absolute Gasteiger partial charge is 0.132 e. The summed E-state index contributed by atoms with van der Waals surface area (Å²) < 4.78 is 11.3. The number of anilines is 1. The van der Waals surface area contributed by atoms with Crippen LogP contribution in [0.4, 0.5) is 5.82 Å². The summed E-state index contributed by atoms with van der Waals surface area (Å²) in [4.78, 5) is 11.0. The number of morpholine rings is 1. The van der Waals surface area contributed by atoms with E-state index in [2.05, 4.69) is 45.2 Å². The van der Waals surface area contributed by atoms with Crippen molar-refractivity contribution in [2.24, 2.45) is 0 Å². The molecule has 0 unspecified atom stereocenters. The number of benzene rings is 2. The lowest BCUT2D eigenvalue weighted by Crippen LogP contribution is -2.39. The zero-order chi connectivity index (χ0) is 17.2. The minimum Gasteiger partial charge on any atom is -0.497 e. The van der Waals surface area contributed by atoms with Gasteiger partial charge < -0.3 is 14.4 Å². The fourth-order valence-corrected chi connectivity index (χ4v) is 3.25. The van der Waals surface area contributed by atoms with Crippen LogP contribution in [0.3, 0.4) is 0 Å². The third kappa shape index (κ3) is 3.28. The lowest BCUT2D eigenvalue weighted by Gasteiger charge is -2.34. The van der Waals surface area contributed by atoms with E-state index in [0.29, 0.717) is 6.61 Å². The number of hydrogen-bond acceptors (Lipinski definition) is 5. The highest BCUT2D eigenvalue weighted by Gasteiger charge is 2.23. The van der Waals surface area contributed by atoms with Gasteiger partial charge in [-0.15, -0.1) is 0 Å². The molecule has 0 N–H and O–H groups in total. The van der Waals surface area contributed by atoms with Gasteiger partial charge in [0.2, 0.25) is 0 Å². The van der Waals surface area contributed by atoms with Crippen LogP contribution in [0.5, 0.6) is 5.75 Å². The Morgan fingerprint density at radius 1 is 1.12 bits per heavy atom. The maximum Gasteiger partial charge on any atom is 0.132 e. The summed E-state index contributed by atoms with van der Waals surface area (Å²) in [5.74, 6) is 2.63. The first-order valence-corrected chi connectivity index (χ1v) is 8.47. The molecule has 0 radical (unpaired) electrons. The van der Waals surface area contributed by atoms with E-state index in [4.69, 9.17) is 9.47 Å². The molecular weight excluding hydrogens is 314 g/mol. The molecule has 0 saturated carbocycles. The topological polar surface area (TPSA) is 47.5 Å². The van der Waals surface area contributed by atoms with Crippen LogP contribution in [-0.4, -0.2) is 36.8 Å². The standard InChI is InChI=1S/C20H21N3O2/c1-14-21-8-7-20(22-14)23-9-10-25-19(13-23)17-4-3-16-12-18(24-2)6-5-15(16)11-17/h3-8,11-12,19H,9-10,13H2,1-2H3/t19-/m1/s1. The highest BCUT2D eigenvalue weighted by molar-refractivity contribution is 5.84. The number of aromatic nitrogens is 2. The van der Waals surface area contributed by atoms with Crippen molar-refractivity contribution in [2.45, 2.75) is 13.0 Å². The number of ether oxygens (including phenoxy) is 2. The lowest BCUT2D eigenvalue weighted by atomic mass is 10.0. The number of hydrogen-bond donors (Lipinski definition) is 0. The first-order chi connectivity index (χ1) is 12.2. The molecule has 0 amide bonds. The Kier molecular flexibility index (Phi) is 4.24. The number of fused-ring (bicyclic) bond motifs is 1. The molecule has 1 aromatic heterocycles. The molecule has 1 aliphatic rings. The number of methoxy groups -OCH3 is 1. The van der Waals surface area contributed by atoms with Gasteiger partial charge in [0.05, 0.1) is 13.7 Å². The summed E-state index contributed by atoms with van der Waals surface area (Å²) in [6.07, 6.45) is 1.85. The Bertz CT molecular complexity index is 897. The molecule has 0 spiro atoms. The van der Waals surface area contributed by atoms with Crippen LogP contribution in [0.15, 0.2) is 48.7 Å². The van der Waals surface area contributed by atoms with Crippen LogP contribution in [0.1, 0.15) is 17.5 Å². The molecule has 0 aliphatic carbocycles. The average Bonchev–Trinajstić information content (AvgIpc) is 2.67. The molecule has 2 aromatic carbocycles. The third-order valence-electron chi connectivity index (χ3n) is 4.60. The van der Waals surface area contributed by atoms with Gasteiger partial charge in [-0.3, -0.25) is 0 Å². The first-order valence-electron chi connectivity index (χ1n) is 8.47. The van der Waals surface area contributed by atoms with E-state index in [-0.39, 0.29) is 6.10 Å². The highest BCUT2D eigenvalue weighted by Crippen LogP contribution is 2.29. The monoisotopic (exact) mass is 335 g/mol. The molecule has 1 saturated heterocycles. The molecule has 1 aliphatic heterocycles. The summed E-state index contributed by atoms with van der Waals surface area (Å²) in [5, 5.41) is 2.36. The normalized spacial score (nSPS) is 17.7. The van der Waals surface area contributed by atoms with Crippen molar-refractivity contribution in [3.05, 3.63) is 60.0 Å². The Hall–Kier alpha value is -2.66. The fourth-order valence-electron chi connectivity index (χ4n) is 3.25. The number of rotatable bonds is 3. The molecular formula is C20H21N3O2. The van der Waals surface area contributed by atoms with E-state index in [9.17, 15) is 0 Å². The zero-order valence-electron chi connectivity index (χ0n) is 14.5. The van der Waals surface area contributed by atoms with Crippen LogP contribution < -0.4 is 9.64 Å². The summed E-state index contributed by atoms with van der Waals surface area (Å²) in [6, 6.07) is 14.6. The molecule has 25 heavy (non-hydrogen) atoms. The maximum absolute atomic E-state index is 6.03. The van der Waals surface area contributed by atoms with Crippen molar-refractivity contribution in [1.29, 1.82) is 0 Å². The van der Waals surface area contributed by atoms with Crippen LogP contribution >= 0.6 is 0 Å². The Morgan fingerprint density at radius 2 is 1.96 bits per heavy atom. The zero-order valence-corrected chi connectivity index (χ0v) is 14.5. The van der Waals surface area contributed by atoms with E-state index in [1.807, 2.05) is 25.3 Å². The van der Waals surface area contributed by atoms with Gasteiger partial charge in [-0.1, -0.05) is 18.2 Å². The van der Waals surface area contributed by atoms with E-state index in [1.54, 1.807) is 7.11 Å². The second-order valence-electron chi connectivity index (χ2n) is 6.24. The lowest BCUT2D eigenvalue weighted by molar-refractivity contribution is 0.0396. The Labute approximate surface area is 147 Å². The molecule has 2 heterocycles. The van der Waals surface area contributed by atoms with Crippen LogP contribution in [0, 0.1) is 6.92 Å². The van der Waals surface area contributed by atoms with Gasteiger partial charge in [-0.2, -0.15) is 0 Å². The van der Waals surface area contributed by atoms with Crippen molar-refractivity contribution in [2.75, 3.05) is 31.7 Å². The third-order valence-corrected chi connectivity index (χ3v) is 4.60. The Morgan fingerprint density at radius 3 is 2.80 bits per heavy atom. The van der Waals surface area contributed by atoms with Crippen molar-refractivity contribution in [1.82, 2.24) is 9.97 Å². The summed E-state index contributed by atoms with van der Waals surface area (Å²) in [7, 11) is 1.69. The minimum atomic E-state index is 0.0375. The van der Waals surface area contributed by atoms with E-state index in [0.717, 1.165) is 30.5 Å². The predicted molar refractivity (Wildman–Crippen MR) is 98.2 cm³/mol. The molecule has 128 valence electrons. The summed E-state index contributed by atoms with van der Waals surface area (Å²) >= 11 is 0. The van der Waals surface area contributed by atoms with Gasteiger partial charge in [0, 0.05) is 19.3 Å². The molecule has 1 atom stereocenters. The van der Waals surface area contributed by atoms with Gasteiger partial charge in [-0.05, 0) is 47.5 Å². The first kappa shape index (κ1) is 15.8.